The molecule has 4 aromatic carbocycles. The van der Waals surface area contributed by atoms with E-state index in [2.05, 4.69) is 24.8 Å². The minimum atomic E-state index is -1.12. The molecule has 5 nitrogen and oxygen atoms in total. The maximum absolute atomic E-state index is 13.2. The molecule has 164 valence electrons. The largest absolute Gasteiger partial charge is 0.454 e. The second-order valence-electron chi connectivity index (χ2n) is 8.43. The molecular formula is C28H24N2O3. The van der Waals surface area contributed by atoms with Crippen LogP contribution in [0.1, 0.15) is 40.9 Å². The van der Waals surface area contributed by atoms with Gasteiger partial charge in [-0.1, -0.05) is 42.5 Å². The number of nitrogens with two attached hydrogens (primary N) is 1. The summed E-state index contributed by atoms with van der Waals surface area (Å²) in [4.78, 5) is 15.4. The normalized spacial score (nSPS) is 17.8. The van der Waals surface area contributed by atoms with Crippen molar-refractivity contribution < 1.29 is 14.3 Å². The Morgan fingerprint density at radius 2 is 1.61 bits per heavy atom. The predicted octanol–water partition coefficient (Wildman–Crippen LogP) is 5.84. The fourth-order valence-electron chi connectivity index (χ4n) is 5.38. The maximum Gasteiger partial charge on any atom is 0.340 e. The van der Waals surface area contributed by atoms with Gasteiger partial charge in [0.1, 0.15) is 5.75 Å². The van der Waals surface area contributed by atoms with Crippen LogP contribution in [0.15, 0.2) is 72.8 Å². The van der Waals surface area contributed by atoms with Gasteiger partial charge >= 0.3 is 5.97 Å². The van der Waals surface area contributed by atoms with Gasteiger partial charge in [-0.05, 0) is 49.6 Å². The first-order valence-corrected chi connectivity index (χ1v) is 11.3. The van der Waals surface area contributed by atoms with Crippen molar-refractivity contribution in [2.24, 2.45) is 0 Å². The number of nitrogen functional groups attached to an aromatic ring is 1. The van der Waals surface area contributed by atoms with Gasteiger partial charge in [0, 0.05) is 35.3 Å². The number of rotatable bonds is 3. The van der Waals surface area contributed by atoms with Gasteiger partial charge in [-0.15, -0.1) is 0 Å². The van der Waals surface area contributed by atoms with Crippen molar-refractivity contribution in [2.45, 2.75) is 19.4 Å². The summed E-state index contributed by atoms with van der Waals surface area (Å²) < 4.78 is 13.0. The van der Waals surface area contributed by atoms with Gasteiger partial charge in [0.15, 0.2) is 11.4 Å². The lowest BCUT2D eigenvalue weighted by Gasteiger charge is -2.39. The average Bonchev–Trinajstić information content (AvgIpc) is 3.13. The monoisotopic (exact) mass is 436 g/mol. The SMILES string of the molecule is CCN(CC)c1cccc2c1Oc1ccc3c(N)cccc3c1C21OC(=O)c2ccccc21. The van der Waals surface area contributed by atoms with Crippen molar-refractivity contribution >= 4 is 28.1 Å². The Morgan fingerprint density at radius 3 is 2.42 bits per heavy atom. The quantitative estimate of drug-likeness (QED) is 0.323. The molecule has 6 rings (SSSR count). The van der Waals surface area contributed by atoms with Crippen molar-refractivity contribution in [3.63, 3.8) is 0 Å². The maximum atomic E-state index is 13.2. The molecule has 0 radical (unpaired) electrons. The van der Waals surface area contributed by atoms with E-state index in [-0.39, 0.29) is 5.97 Å². The molecule has 2 heterocycles. The second-order valence-corrected chi connectivity index (χ2v) is 8.43. The zero-order valence-corrected chi connectivity index (χ0v) is 18.6. The van der Waals surface area contributed by atoms with E-state index in [9.17, 15) is 4.79 Å². The van der Waals surface area contributed by atoms with Gasteiger partial charge in [-0.2, -0.15) is 0 Å². The van der Waals surface area contributed by atoms with E-state index in [1.54, 1.807) is 0 Å². The zero-order chi connectivity index (χ0) is 22.7. The minimum absolute atomic E-state index is 0.335. The molecule has 0 aromatic heterocycles. The van der Waals surface area contributed by atoms with E-state index in [0.29, 0.717) is 17.0 Å². The predicted molar refractivity (Wildman–Crippen MR) is 130 cm³/mol. The summed E-state index contributed by atoms with van der Waals surface area (Å²) >= 11 is 0. The van der Waals surface area contributed by atoms with Crippen LogP contribution in [0.5, 0.6) is 11.5 Å². The van der Waals surface area contributed by atoms with Gasteiger partial charge in [0.25, 0.3) is 0 Å². The molecule has 0 saturated carbocycles. The summed E-state index contributed by atoms with van der Waals surface area (Å²) in [6, 6.07) is 23.4. The van der Waals surface area contributed by atoms with Crippen molar-refractivity contribution in [1.29, 1.82) is 0 Å². The topological polar surface area (TPSA) is 64.8 Å². The van der Waals surface area contributed by atoms with Crippen LogP contribution in [-0.2, 0) is 10.3 Å². The number of esters is 1. The van der Waals surface area contributed by atoms with Crippen molar-refractivity contribution in [2.75, 3.05) is 23.7 Å². The third kappa shape index (κ3) is 2.50. The molecule has 0 fully saturated rings. The van der Waals surface area contributed by atoms with Crippen molar-refractivity contribution in [1.82, 2.24) is 0 Å². The number of para-hydroxylation sites is 1. The first-order chi connectivity index (χ1) is 16.1. The Labute approximate surface area is 192 Å². The van der Waals surface area contributed by atoms with Gasteiger partial charge in [-0.3, -0.25) is 0 Å². The molecule has 0 saturated heterocycles. The van der Waals surface area contributed by atoms with Crippen molar-refractivity contribution in [3.05, 3.63) is 95.1 Å². The molecule has 0 bridgehead atoms. The molecular weight excluding hydrogens is 412 g/mol. The third-order valence-corrected chi connectivity index (χ3v) is 6.87. The number of hydrogen-bond donors (Lipinski definition) is 1. The highest BCUT2D eigenvalue weighted by molar-refractivity contribution is 6.02. The van der Waals surface area contributed by atoms with E-state index in [4.69, 9.17) is 15.2 Å². The van der Waals surface area contributed by atoms with E-state index in [1.165, 1.54) is 0 Å². The summed E-state index contributed by atoms with van der Waals surface area (Å²) in [5, 5.41) is 1.82. The molecule has 1 spiro atoms. The molecule has 2 aliphatic rings. The zero-order valence-electron chi connectivity index (χ0n) is 18.6. The van der Waals surface area contributed by atoms with E-state index < -0.39 is 5.60 Å². The Balaban J connectivity index is 1.77. The number of ether oxygens (including phenoxy) is 2. The first kappa shape index (κ1) is 19.7. The highest BCUT2D eigenvalue weighted by atomic mass is 16.6. The molecule has 33 heavy (non-hydrogen) atoms. The molecule has 1 atom stereocenters. The Kier molecular flexibility index (Phi) is 4.18. The summed E-state index contributed by atoms with van der Waals surface area (Å²) in [5.41, 5.74) is 9.92. The molecule has 1 unspecified atom stereocenters. The lowest BCUT2D eigenvalue weighted by Crippen LogP contribution is -2.34. The Morgan fingerprint density at radius 1 is 0.848 bits per heavy atom. The summed E-state index contributed by atoms with van der Waals surface area (Å²) in [5.74, 6) is 1.06. The fourth-order valence-corrected chi connectivity index (χ4v) is 5.38. The van der Waals surface area contributed by atoms with Crippen LogP contribution >= 0.6 is 0 Å². The Bertz CT molecular complexity index is 1440. The minimum Gasteiger partial charge on any atom is -0.454 e. The molecule has 5 heteroatoms. The summed E-state index contributed by atoms with van der Waals surface area (Å²) in [6.45, 7) is 5.91. The molecule has 2 aliphatic heterocycles. The third-order valence-electron chi connectivity index (χ3n) is 6.87. The smallest absolute Gasteiger partial charge is 0.340 e. The molecule has 0 aliphatic carbocycles. The average molecular weight is 437 g/mol. The number of benzene rings is 4. The van der Waals surface area contributed by atoms with Gasteiger partial charge in [0.2, 0.25) is 0 Å². The van der Waals surface area contributed by atoms with E-state index >= 15 is 0 Å². The number of carbonyl (C=O) groups excluding carboxylic acids is 1. The van der Waals surface area contributed by atoms with Crippen LogP contribution in [0.4, 0.5) is 11.4 Å². The van der Waals surface area contributed by atoms with Gasteiger partial charge in [0.05, 0.1) is 16.8 Å². The fraction of sp³-hybridized carbons (Fsp3) is 0.179. The van der Waals surface area contributed by atoms with Gasteiger partial charge in [-0.25, -0.2) is 4.79 Å². The standard InChI is InChI=1S/C28H24N2O3/c1-3-30(4-2)23-14-8-12-21-26(23)32-24-16-15-17-18(10-7-13-22(17)29)25(24)28(21)20-11-6-5-9-19(20)27(31)33-28/h5-16H,3-4,29H2,1-2H3. The number of carbonyl (C=O) groups is 1. The number of nitrogens with zero attached hydrogens (tertiary/aromatic N) is 1. The molecule has 4 aromatic rings. The van der Waals surface area contributed by atoms with Crippen LogP contribution in [-0.4, -0.2) is 19.1 Å². The van der Waals surface area contributed by atoms with Crippen LogP contribution in [0.3, 0.4) is 0 Å². The summed E-state index contributed by atoms with van der Waals surface area (Å²) in [7, 11) is 0. The summed E-state index contributed by atoms with van der Waals surface area (Å²) in [6.07, 6.45) is 0. The molecule has 0 amide bonds. The Hall–Kier alpha value is -3.99. The first-order valence-electron chi connectivity index (χ1n) is 11.3. The highest BCUT2D eigenvalue weighted by Gasteiger charge is 2.54. The lowest BCUT2D eigenvalue weighted by molar-refractivity contribution is 0.0229. The van der Waals surface area contributed by atoms with Gasteiger partial charge < -0.3 is 20.1 Å². The van der Waals surface area contributed by atoms with Crippen LogP contribution in [0.2, 0.25) is 0 Å². The number of fused-ring (bicyclic) bond motifs is 8. The van der Waals surface area contributed by atoms with Crippen LogP contribution < -0.4 is 15.4 Å². The van der Waals surface area contributed by atoms with Crippen LogP contribution in [0, 0.1) is 0 Å². The second kappa shape index (κ2) is 7.01. The molecule has 2 N–H and O–H groups in total. The number of anilines is 2. The van der Waals surface area contributed by atoms with Crippen molar-refractivity contribution in [3.8, 4) is 11.5 Å². The lowest BCUT2D eigenvalue weighted by atomic mass is 9.75. The van der Waals surface area contributed by atoms with E-state index in [1.807, 2.05) is 66.7 Å². The van der Waals surface area contributed by atoms with E-state index in [0.717, 1.165) is 52.0 Å². The number of hydrogen-bond acceptors (Lipinski definition) is 5. The highest BCUT2D eigenvalue weighted by Crippen LogP contribution is 2.59. The van der Waals surface area contributed by atoms with Crippen LogP contribution in [0.25, 0.3) is 10.8 Å².